The van der Waals surface area contributed by atoms with Gasteiger partial charge in [0.15, 0.2) is 0 Å². The second kappa shape index (κ2) is 5.83. The first kappa shape index (κ1) is 12.8. The van der Waals surface area contributed by atoms with Gasteiger partial charge in [0.05, 0.1) is 5.69 Å². The molecular weight excluding hydrogens is 229 g/mol. The van der Waals surface area contributed by atoms with Crippen LogP contribution in [0.5, 0.6) is 0 Å². The van der Waals surface area contributed by atoms with Crippen molar-refractivity contribution < 1.29 is 4.39 Å². The maximum atomic E-state index is 13.6. The summed E-state index contributed by atoms with van der Waals surface area (Å²) in [5.41, 5.74) is 0.853. The molecule has 2 rings (SSSR count). The van der Waals surface area contributed by atoms with Gasteiger partial charge in [0.2, 0.25) is 0 Å². The van der Waals surface area contributed by atoms with Crippen LogP contribution in [0.1, 0.15) is 25.3 Å². The third kappa shape index (κ3) is 2.62. The second-order valence-electron chi connectivity index (χ2n) is 4.58. The zero-order valence-electron chi connectivity index (χ0n) is 10.6. The predicted molar refractivity (Wildman–Crippen MR) is 70.0 cm³/mol. The van der Waals surface area contributed by atoms with Gasteiger partial charge < -0.3 is 10.2 Å². The van der Waals surface area contributed by atoms with Crippen LogP contribution in [0.2, 0.25) is 0 Å². The molecule has 1 aromatic rings. The Labute approximate surface area is 107 Å². The largest absolute Gasteiger partial charge is 0.369 e. The van der Waals surface area contributed by atoms with E-state index in [-0.39, 0.29) is 5.56 Å². The molecule has 1 saturated heterocycles. The van der Waals surface area contributed by atoms with Crippen LogP contribution in [0.4, 0.5) is 10.1 Å². The van der Waals surface area contributed by atoms with Crippen molar-refractivity contribution in [3.63, 3.8) is 0 Å². The topological polar surface area (TPSA) is 39.1 Å². The number of hydrogen-bond donors (Lipinski definition) is 1. The standard InChI is InChI=1S/C14H18FN3/c1-2-18(10-11-5-4-8-17-11)14-7-3-6-13(15)12(14)9-16/h3,6-7,11,17H,2,4-5,8,10H2,1H3. The molecule has 1 aliphatic heterocycles. The van der Waals surface area contributed by atoms with Crippen LogP contribution in [0.15, 0.2) is 18.2 Å². The van der Waals surface area contributed by atoms with Gasteiger partial charge in [-0.3, -0.25) is 0 Å². The van der Waals surface area contributed by atoms with E-state index in [9.17, 15) is 4.39 Å². The summed E-state index contributed by atoms with van der Waals surface area (Å²) in [4.78, 5) is 2.07. The minimum absolute atomic E-state index is 0.150. The van der Waals surface area contributed by atoms with E-state index in [0.717, 1.165) is 26.1 Å². The highest BCUT2D eigenvalue weighted by Crippen LogP contribution is 2.23. The highest BCUT2D eigenvalue weighted by Gasteiger charge is 2.20. The first-order valence-corrected chi connectivity index (χ1v) is 6.43. The molecule has 1 aromatic carbocycles. The average Bonchev–Trinajstić information content (AvgIpc) is 2.88. The van der Waals surface area contributed by atoms with Crippen molar-refractivity contribution in [3.8, 4) is 6.07 Å². The van der Waals surface area contributed by atoms with Crippen molar-refractivity contribution in [1.29, 1.82) is 5.26 Å². The van der Waals surface area contributed by atoms with E-state index in [4.69, 9.17) is 5.26 Å². The number of anilines is 1. The zero-order valence-corrected chi connectivity index (χ0v) is 10.6. The lowest BCUT2D eigenvalue weighted by Crippen LogP contribution is -2.38. The third-order valence-electron chi connectivity index (χ3n) is 3.43. The van der Waals surface area contributed by atoms with Crippen LogP contribution in [-0.4, -0.2) is 25.7 Å². The molecule has 1 N–H and O–H groups in total. The fraction of sp³-hybridized carbons (Fsp3) is 0.500. The molecule has 96 valence electrons. The normalized spacial score (nSPS) is 18.6. The molecule has 0 spiro atoms. The van der Waals surface area contributed by atoms with Gasteiger partial charge in [0.1, 0.15) is 17.4 Å². The smallest absolute Gasteiger partial charge is 0.143 e. The number of halogens is 1. The maximum Gasteiger partial charge on any atom is 0.143 e. The molecule has 3 nitrogen and oxygen atoms in total. The van der Waals surface area contributed by atoms with Crippen molar-refractivity contribution in [1.82, 2.24) is 5.32 Å². The summed E-state index contributed by atoms with van der Waals surface area (Å²) in [6.07, 6.45) is 2.34. The van der Waals surface area contributed by atoms with Crippen molar-refractivity contribution in [2.45, 2.75) is 25.8 Å². The van der Waals surface area contributed by atoms with Crippen molar-refractivity contribution in [2.75, 3.05) is 24.5 Å². The SMILES string of the molecule is CCN(CC1CCCN1)c1cccc(F)c1C#N. The van der Waals surface area contributed by atoms with Gasteiger partial charge in [-0.2, -0.15) is 5.26 Å². The average molecular weight is 247 g/mol. The molecule has 1 atom stereocenters. The number of nitrogens with one attached hydrogen (secondary N) is 1. The molecule has 0 bridgehead atoms. The molecular formula is C14H18FN3. The third-order valence-corrected chi connectivity index (χ3v) is 3.43. The fourth-order valence-corrected chi connectivity index (χ4v) is 2.46. The van der Waals surface area contributed by atoms with Crippen molar-refractivity contribution >= 4 is 5.69 Å². The number of benzene rings is 1. The minimum Gasteiger partial charge on any atom is -0.369 e. The summed E-state index contributed by atoms with van der Waals surface area (Å²) in [5, 5.41) is 12.5. The molecule has 1 aliphatic rings. The first-order valence-electron chi connectivity index (χ1n) is 6.43. The van der Waals surface area contributed by atoms with Crippen LogP contribution >= 0.6 is 0 Å². The Morgan fingerprint density at radius 2 is 2.39 bits per heavy atom. The summed E-state index contributed by atoms with van der Waals surface area (Å²) >= 11 is 0. The lowest BCUT2D eigenvalue weighted by Gasteiger charge is -2.27. The Kier molecular flexibility index (Phi) is 4.16. The highest BCUT2D eigenvalue weighted by molar-refractivity contribution is 5.59. The lowest BCUT2D eigenvalue weighted by molar-refractivity contribution is 0.583. The van der Waals surface area contributed by atoms with E-state index >= 15 is 0 Å². The molecule has 1 fully saturated rings. The Morgan fingerprint density at radius 3 is 3.00 bits per heavy atom. The van der Waals surface area contributed by atoms with E-state index in [0.29, 0.717) is 11.7 Å². The first-order chi connectivity index (χ1) is 8.76. The van der Waals surface area contributed by atoms with Crippen LogP contribution in [-0.2, 0) is 0 Å². The lowest BCUT2D eigenvalue weighted by atomic mass is 10.1. The molecule has 0 radical (unpaired) electrons. The predicted octanol–water partition coefficient (Wildman–Crippen LogP) is 2.28. The fourth-order valence-electron chi connectivity index (χ4n) is 2.46. The molecule has 0 saturated carbocycles. The van der Waals surface area contributed by atoms with Gasteiger partial charge in [0.25, 0.3) is 0 Å². The molecule has 0 aromatic heterocycles. The summed E-state index contributed by atoms with van der Waals surface area (Å²) in [6.45, 7) is 4.68. The van der Waals surface area contributed by atoms with E-state index in [2.05, 4.69) is 10.2 Å². The highest BCUT2D eigenvalue weighted by atomic mass is 19.1. The summed E-state index contributed by atoms with van der Waals surface area (Å²) in [5.74, 6) is -0.437. The number of hydrogen-bond acceptors (Lipinski definition) is 3. The monoisotopic (exact) mass is 247 g/mol. The second-order valence-corrected chi connectivity index (χ2v) is 4.58. The van der Waals surface area contributed by atoms with Crippen LogP contribution in [0.25, 0.3) is 0 Å². The van der Waals surface area contributed by atoms with Gasteiger partial charge in [-0.05, 0) is 38.4 Å². The molecule has 0 aliphatic carbocycles. The Morgan fingerprint density at radius 1 is 1.56 bits per heavy atom. The maximum absolute atomic E-state index is 13.6. The quantitative estimate of drug-likeness (QED) is 0.887. The van der Waals surface area contributed by atoms with Crippen molar-refractivity contribution in [3.05, 3.63) is 29.6 Å². The minimum atomic E-state index is -0.437. The Balaban J connectivity index is 2.21. The Hall–Kier alpha value is -1.60. The van der Waals surface area contributed by atoms with Gasteiger partial charge in [-0.15, -0.1) is 0 Å². The number of nitriles is 1. The molecule has 1 heterocycles. The van der Waals surface area contributed by atoms with Crippen LogP contribution in [0.3, 0.4) is 0 Å². The van der Waals surface area contributed by atoms with Gasteiger partial charge in [-0.25, -0.2) is 4.39 Å². The number of likely N-dealkylation sites (N-methyl/N-ethyl adjacent to an activating group) is 1. The molecule has 18 heavy (non-hydrogen) atoms. The molecule has 0 amide bonds. The summed E-state index contributed by atoms with van der Waals surface area (Å²) in [6, 6.07) is 7.23. The summed E-state index contributed by atoms with van der Waals surface area (Å²) in [7, 11) is 0. The van der Waals surface area contributed by atoms with E-state index in [1.165, 1.54) is 12.5 Å². The number of nitrogens with zero attached hydrogens (tertiary/aromatic N) is 2. The van der Waals surface area contributed by atoms with Gasteiger partial charge in [-0.1, -0.05) is 6.07 Å². The molecule has 1 unspecified atom stereocenters. The van der Waals surface area contributed by atoms with E-state index in [1.54, 1.807) is 6.07 Å². The van der Waals surface area contributed by atoms with Crippen LogP contribution in [0, 0.1) is 17.1 Å². The van der Waals surface area contributed by atoms with E-state index in [1.807, 2.05) is 19.1 Å². The van der Waals surface area contributed by atoms with E-state index < -0.39 is 5.82 Å². The Bertz CT molecular complexity index is 447. The summed E-state index contributed by atoms with van der Waals surface area (Å²) < 4.78 is 13.6. The van der Waals surface area contributed by atoms with Gasteiger partial charge in [0, 0.05) is 19.1 Å². The van der Waals surface area contributed by atoms with Crippen LogP contribution < -0.4 is 10.2 Å². The van der Waals surface area contributed by atoms with Gasteiger partial charge >= 0.3 is 0 Å². The zero-order chi connectivity index (χ0) is 13.0. The molecule has 4 heteroatoms. The van der Waals surface area contributed by atoms with Crippen molar-refractivity contribution in [2.24, 2.45) is 0 Å². The number of rotatable bonds is 4.